The standard InChI is InChI=1S/C15H16ClF4N5O4/c16-10-6-11(23-13(21)22-10)25(14(28)24(6)3-4-1-2-4)12-7(26)5(17)8(29-12)9(27)15(18,19)20/h4-5,7-9,12,26-27H,1-3H2,(H2,21,22,23)/t5-,7-,8+,9-,12-/m1/s1. The first-order valence-corrected chi connectivity index (χ1v) is 9.04. The molecule has 2 aliphatic rings. The summed E-state index contributed by atoms with van der Waals surface area (Å²) in [5, 5.41) is 19.4. The highest BCUT2D eigenvalue weighted by Crippen LogP contribution is 2.39. The van der Waals surface area contributed by atoms with Crippen LogP contribution in [-0.2, 0) is 11.3 Å². The second-order valence-electron chi connectivity index (χ2n) is 7.16. The minimum absolute atomic E-state index is 0.0452. The van der Waals surface area contributed by atoms with Crippen LogP contribution < -0.4 is 11.4 Å². The van der Waals surface area contributed by atoms with Crippen LogP contribution in [0.3, 0.4) is 0 Å². The number of alkyl halides is 4. The Bertz CT molecular complexity index is 1010. The molecule has 2 aromatic heterocycles. The van der Waals surface area contributed by atoms with Crippen molar-refractivity contribution in [3.05, 3.63) is 15.6 Å². The maximum absolute atomic E-state index is 14.4. The topological polar surface area (TPSA) is 128 Å². The van der Waals surface area contributed by atoms with Gasteiger partial charge >= 0.3 is 11.9 Å². The molecule has 5 atom stereocenters. The Morgan fingerprint density at radius 1 is 1.34 bits per heavy atom. The van der Waals surface area contributed by atoms with Crippen LogP contribution in [0, 0.1) is 5.92 Å². The quantitative estimate of drug-likeness (QED) is 0.472. The van der Waals surface area contributed by atoms with Crippen molar-refractivity contribution in [2.45, 2.75) is 56.3 Å². The smallest absolute Gasteiger partial charge is 0.385 e. The monoisotopic (exact) mass is 441 g/mol. The third-order valence-electron chi connectivity index (χ3n) is 5.04. The Balaban J connectivity index is 1.83. The van der Waals surface area contributed by atoms with Crippen molar-refractivity contribution in [3.8, 4) is 0 Å². The minimum atomic E-state index is -5.19. The molecule has 0 radical (unpaired) electrons. The van der Waals surface area contributed by atoms with E-state index in [1.165, 1.54) is 4.57 Å². The number of nitrogens with two attached hydrogens (primary N) is 1. The summed E-state index contributed by atoms with van der Waals surface area (Å²) in [5.74, 6) is -0.153. The van der Waals surface area contributed by atoms with E-state index < -0.39 is 42.6 Å². The van der Waals surface area contributed by atoms with Crippen molar-refractivity contribution in [2.75, 3.05) is 5.73 Å². The van der Waals surface area contributed by atoms with Crippen LogP contribution in [0.2, 0.25) is 5.15 Å². The number of anilines is 1. The molecule has 0 unspecified atom stereocenters. The predicted molar refractivity (Wildman–Crippen MR) is 90.8 cm³/mol. The molecule has 1 saturated heterocycles. The first kappa shape index (κ1) is 20.3. The molecule has 1 saturated carbocycles. The summed E-state index contributed by atoms with van der Waals surface area (Å²) >= 11 is 6.10. The zero-order chi connectivity index (χ0) is 21.2. The minimum Gasteiger partial charge on any atom is -0.385 e. The number of fused-ring (bicyclic) bond motifs is 1. The highest BCUT2D eigenvalue weighted by Gasteiger charge is 2.56. The third-order valence-corrected chi connectivity index (χ3v) is 5.31. The van der Waals surface area contributed by atoms with E-state index in [0.717, 1.165) is 12.8 Å². The lowest BCUT2D eigenvalue weighted by atomic mass is 10.1. The van der Waals surface area contributed by atoms with Crippen molar-refractivity contribution in [1.29, 1.82) is 0 Å². The van der Waals surface area contributed by atoms with Crippen LogP contribution in [-0.4, -0.2) is 60.0 Å². The van der Waals surface area contributed by atoms with Crippen molar-refractivity contribution in [1.82, 2.24) is 19.1 Å². The van der Waals surface area contributed by atoms with Crippen molar-refractivity contribution < 1.29 is 32.5 Å². The summed E-state index contributed by atoms with van der Waals surface area (Å²) in [6.45, 7) is 0.228. The predicted octanol–water partition coefficient (Wildman–Crippen LogP) is 0.758. The molecule has 3 heterocycles. The Morgan fingerprint density at radius 3 is 2.59 bits per heavy atom. The number of hydrogen-bond donors (Lipinski definition) is 3. The summed E-state index contributed by atoms with van der Waals surface area (Å²) in [5.41, 5.74) is 4.56. The van der Waals surface area contributed by atoms with E-state index in [1.54, 1.807) is 0 Å². The molecule has 0 bridgehead atoms. The Hall–Kier alpha value is -1.96. The summed E-state index contributed by atoms with van der Waals surface area (Å²) < 4.78 is 59.7. The van der Waals surface area contributed by atoms with E-state index in [9.17, 15) is 32.6 Å². The molecule has 160 valence electrons. The van der Waals surface area contributed by atoms with Gasteiger partial charge in [0.15, 0.2) is 29.3 Å². The molecule has 0 aromatic carbocycles. The number of aliphatic hydroxyl groups is 2. The maximum atomic E-state index is 14.4. The van der Waals surface area contributed by atoms with E-state index in [2.05, 4.69) is 9.97 Å². The molecule has 9 nitrogen and oxygen atoms in total. The Kier molecular flexibility index (Phi) is 4.76. The van der Waals surface area contributed by atoms with Gasteiger partial charge in [-0.25, -0.2) is 13.8 Å². The molecule has 1 aliphatic heterocycles. The summed E-state index contributed by atoms with van der Waals surface area (Å²) in [7, 11) is 0. The Morgan fingerprint density at radius 2 is 2.00 bits per heavy atom. The van der Waals surface area contributed by atoms with Gasteiger partial charge in [-0.05, 0) is 18.8 Å². The first-order chi connectivity index (χ1) is 13.5. The molecule has 0 spiro atoms. The average Bonchev–Trinajstić information content (AvgIpc) is 3.34. The average molecular weight is 442 g/mol. The fraction of sp³-hybridized carbons (Fsp3) is 0.667. The highest BCUT2D eigenvalue weighted by molar-refractivity contribution is 6.33. The molecule has 0 amide bonds. The van der Waals surface area contributed by atoms with Gasteiger partial charge in [-0.3, -0.25) is 4.57 Å². The van der Waals surface area contributed by atoms with Gasteiger partial charge < -0.3 is 20.7 Å². The molecule has 2 fully saturated rings. The number of aliphatic hydroxyl groups excluding tert-OH is 2. The first-order valence-electron chi connectivity index (χ1n) is 8.66. The number of nitrogens with zero attached hydrogens (tertiary/aromatic N) is 4. The third kappa shape index (κ3) is 3.35. The van der Waals surface area contributed by atoms with E-state index in [-0.39, 0.29) is 34.7 Å². The zero-order valence-corrected chi connectivity index (χ0v) is 15.3. The van der Waals surface area contributed by atoms with Crippen LogP contribution >= 0.6 is 11.6 Å². The van der Waals surface area contributed by atoms with Crippen LogP contribution in [0.4, 0.5) is 23.5 Å². The number of nitrogen functional groups attached to an aromatic ring is 1. The highest BCUT2D eigenvalue weighted by atomic mass is 35.5. The van der Waals surface area contributed by atoms with Crippen LogP contribution in [0.25, 0.3) is 11.2 Å². The van der Waals surface area contributed by atoms with Crippen LogP contribution in [0.1, 0.15) is 19.1 Å². The number of halogens is 5. The second-order valence-corrected chi connectivity index (χ2v) is 7.52. The SMILES string of the molecule is Nc1nc(Cl)c2c(n1)n([C@@H]1O[C@H]([C@@H](O)C(F)(F)F)[C@H](F)[C@H]1O)c(=O)n2CC1CC1. The molecule has 4 N–H and O–H groups in total. The van der Waals surface area contributed by atoms with E-state index in [1.807, 2.05) is 0 Å². The van der Waals surface area contributed by atoms with E-state index in [0.29, 0.717) is 4.57 Å². The fourth-order valence-corrected chi connectivity index (χ4v) is 3.70. The molecule has 1 aliphatic carbocycles. The normalized spacial score (nSPS) is 28.9. The molecular formula is C15H16ClF4N5O4. The lowest BCUT2D eigenvalue weighted by molar-refractivity contribution is -0.241. The second kappa shape index (κ2) is 6.79. The largest absolute Gasteiger partial charge is 0.417 e. The van der Waals surface area contributed by atoms with Crippen molar-refractivity contribution in [2.24, 2.45) is 5.92 Å². The van der Waals surface area contributed by atoms with Crippen molar-refractivity contribution in [3.63, 3.8) is 0 Å². The zero-order valence-electron chi connectivity index (χ0n) is 14.6. The van der Waals surface area contributed by atoms with Crippen LogP contribution in [0.5, 0.6) is 0 Å². The summed E-state index contributed by atoms with van der Waals surface area (Å²) in [6.07, 6.45) is -15.8. The van der Waals surface area contributed by atoms with Gasteiger partial charge in [0.1, 0.15) is 17.7 Å². The summed E-state index contributed by atoms with van der Waals surface area (Å²) in [4.78, 5) is 20.7. The molecule has 4 rings (SSSR count). The lowest BCUT2D eigenvalue weighted by Crippen LogP contribution is -2.44. The number of hydrogen-bond acceptors (Lipinski definition) is 7. The number of aromatic nitrogens is 4. The van der Waals surface area contributed by atoms with Gasteiger partial charge in [-0.1, -0.05) is 11.6 Å². The van der Waals surface area contributed by atoms with Crippen LogP contribution in [0.15, 0.2) is 4.79 Å². The Labute approximate surface area is 164 Å². The van der Waals surface area contributed by atoms with Gasteiger partial charge in [-0.15, -0.1) is 0 Å². The molecule has 29 heavy (non-hydrogen) atoms. The van der Waals surface area contributed by atoms with Crippen molar-refractivity contribution >= 4 is 28.7 Å². The fourth-order valence-electron chi connectivity index (χ4n) is 3.42. The van der Waals surface area contributed by atoms with Gasteiger partial charge in [0.25, 0.3) is 0 Å². The number of rotatable bonds is 4. The lowest BCUT2D eigenvalue weighted by Gasteiger charge is -2.22. The summed E-state index contributed by atoms with van der Waals surface area (Å²) in [6, 6.07) is 0. The molecular weight excluding hydrogens is 426 g/mol. The van der Waals surface area contributed by atoms with Gasteiger partial charge in [0.2, 0.25) is 5.95 Å². The van der Waals surface area contributed by atoms with Gasteiger partial charge in [-0.2, -0.15) is 23.1 Å². The van der Waals surface area contributed by atoms with E-state index >= 15 is 0 Å². The maximum Gasteiger partial charge on any atom is 0.417 e. The molecule has 14 heteroatoms. The number of imidazole rings is 1. The number of ether oxygens (including phenoxy) is 1. The van der Waals surface area contributed by atoms with E-state index in [4.69, 9.17) is 22.1 Å². The molecule has 2 aromatic rings. The van der Waals surface area contributed by atoms with Gasteiger partial charge in [0, 0.05) is 6.54 Å². The van der Waals surface area contributed by atoms with Gasteiger partial charge in [0.05, 0.1) is 0 Å².